The van der Waals surface area contributed by atoms with Crippen LogP contribution in [0.15, 0.2) is 50.6 Å². The molecule has 2 heteroatoms. The predicted molar refractivity (Wildman–Crippen MR) is 77.5 cm³/mol. The largest absolute Gasteiger partial charge is 0.298 e. The Morgan fingerprint density at radius 1 is 0.944 bits per heavy atom. The van der Waals surface area contributed by atoms with Gasteiger partial charge in [0.1, 0.15) is 0 Å². The second-order valence-electron chi connectivity index (χ2n) is 5.06. The summed E-state index contributed by atoms with van der Waals surface area (Å²) in [5, 5.41) is 3.54. The number of Topliss-reactive ketones (excluding diaryl/α,β-unsaturated/α-hetero) is 1. The number of hydrogen-bond donors (Lipinski definition) is 1. The average molecular weight is 245 g/mol. The zero-order valence-electron chi connectivity index (χ0n) is 11.1. The van der Waals surface area contributed by atoms with Crippen LogP contribution in [0.4, 0.5) is 0 Å². The molecule has 1 rings (SSSR count). The quantitative estimate of drug-likeness (QED) is 0.665. The Labute approximate surface area is 110 Å². The molecule has 0 aromatic carbocycles. The van der Waals surface area contributed by atoms with Crippen LogP contribution < -0.4 is 5.32 Å². The first-order valence-electron chi connectivity index (χ1n) is 6.34. The Balaban J connectivity index is 3.05. The van der Waals surface area contributed by atoms with Crippen LogP contribution in [0, 0.1) is 0 Å². The predicted octanol–water partition coefficient (Wildman–Crippen LogP) is 3.33. The highest BCUT2D eigenvalue weighted by Gasteiger charge is 2.50. The summed E-state index contributed by atoms with van der Waals surface area (Å²) in [4.78, 5) is 12.4. The fourth-order valence-electron chi connectivity index (χ4n) is 2.89. The molecule has 2 nitrogen and oxygen atoms in total. The van der Waals surface area contributed by atoms with Gasteiger partial charge in [0.2, 0.25) is 0 Å². The lowest BCUT2D eigenvalue weighted by Crippen LogP contribution is -2.51. The molecule has 98 valence electrons. The van der Waals surface area contributed by atoms with E-state index >= 15 is 0 Å². The molecule has 0 radical (unpaired) electrons. The van der Waals surface area contributed by atoms with Crippen LogP contribution in [-0.2, 0) is 4.79 Å². The third-order valence-corrected chi connectivity index (χ3v) is 3.59. The van der Waals surface area contributed by atoms with E-state index in [1.165, 1.54) is 0 Å². The van der Waals surface area contributed by atoms with Crippen molar-refractivity contribution in [2.24, 2.45) is 0 Å². The molecule has 0 aromatic rings. The van der Waals surface area contributed by atoms with Gasteiger partial charge in [-0.15, -0.1) is 26.3 Å². The molecule has 0 aromatic heterocycles. The summed E-state index contributed by atoms with van der Waals surface area (Å²) in [7, 11) is 0. The smallest absolute Gasteiger partial charge is 0.155 e. The van der Waals surface area contributed by atoms with E-state index in [4.69, 9.17) is 0 Å². The molecule has 0 unspecified atom stereocenters. The topological polar surface area (TPSA) is 29.1 Å². The van der Waals surface area contributed by atoms with Crippen molar-refractivity contribution in [3.05, 3.63) is 50.6 Å². The average Bonchev–Trinajstić information content (AvgIpc) is 2.54. The first kappa shape index (κ1) is 14.7. The summed E-state index contributed by atoms with van der Waals surface area (Å²) in [5.41, 5.74) is -0.762. The second kappa shape index (κ2) is 5.96. The van der Waals surface area contributed by atoms with E-state index in [1.54, 1.807) is 12.2 Å². The van der Waals surface area contributed by atoms with Crippen molar-refractivity contribution in [2.75, 3.05) is 0 Å². The molecule has 1 fully saturated rings. The van der Waals surface area contributed by atoms with Crippen LogP contribution in [0.2, 0.25) is 0 Å². The minimum Gasteiger partial charge on any atom is -0.298 e. The van der Waals surface area contributed by atoms with E-state index < -0.39 is 5.54 Å². The lowest BCUT2D eigenvalue weighted by atomic mass is 9.87. The molecule has 0 atom stereocenters. The van der Waals surface area contributed by atoms with Gasteiger partial charge in [0, 0.05) is 12.0 Å². The number of carbonyl (C=O) groups excluding carboxylic acids is 1. The summed E-state index contributed by atoms with van der Waals surface area (Å²) in [6.07, 6.45) is 10.6. The minimum atomic E-state index is -0.532. The maximum Gasteiger partial charge on any atom is 0.155 e. The van der Waals surface area contributed by atoms with E-state index in [0.717, 1.165) is 12.8 Å². The fraction of sp³-hybridized carbons (Fsp3) is 0.438. The van der Waals surface area contributed by atoms with Gasteiger partial charge in [-0.25, -0.2) is 0 Å². The van der Waals surface area contributed by atoms with Gasteiger partial charge in [0.15, 0.2) is 5.78 Å². The zero-order chi connectivity index (χ0) is 13.6. The Morgan fingerprint density at radius 3 is 1.78 bits per heavy atom. The van der Waals surface area contributed by atoms with Crippen molar-refractivity contribution in [2.45, 2.75) is 43.2 Å². The van der Waals surface area contributed by atoms with E-state index in [9.17, 15) is 4.79 Å². The first-order chi connectivity index (χ1) is 8.58. The van der Waals surface area contributed by atoms with Gasteiger partial charge in [0.25, 0.3) is 0 Å². The number of carbonyl (C=O) groups is 1. The third kappa shape index (κ3) is 2.70. The molecule has 1 N–H and O–H groups in total. The molecule has 0 bridgehead atoms. The molecule has 0 amide bonds. The highest BCUT2D eigenvalue weighted by atomic mass is 16.1. The van der Waals surface area contributed by atoms with Gasteiger partial charge < -0.3 is 0 Å². The maximum atomic E-state index is 12.4. The summed E-state index contributed by atoms with van der Waals surface area (Å²) in [6, 6.07) is 0. The Kier molecular flexibility index (Phi) is 4.85. The van der Waals surface area contributed by atoms with Gasteiger partial charge in [-0.3, -0.25) is 10.1 Å². The molecule has 0 aliphatic carbocycles. The summed E-state index contributed by atoms with van der Waals surface area (Å²) >= 11 is 0. The molecule has 0 spiro atoms. The third-order valence-electron chi connectivity index (χ3n) is 3.59. The van der Waals surface area contributed by atoms with Crippen molar-refractivity contribution >= 4 is 5.78 Å². The van der Waals surface area contributed by atoms with E-state index in [1.807, 2.05) is 12.2 Å². The molecular weight excluding hydrogens is 222 g/mol. The Bertz CT molecular complexity index is 347. The minimum absolute atomic E-state index is 0.230. The van der Waals surface area contributed by atoms with Crippen LogP contribution in [-0.4, -0.2) is 16.9 Å². The van der Waals surface area contributed by atoms with Crippen molar-refractivity contribution in [1.29, 1.82) is 0 Å². The normalized spacial score (nSPS) is 20.3. The first-order valence-corrected chi connectivity index (χ1v) is 6.34. The fourth-order valence-corrected chi connectivity index (χ4v) is 2.89. The van der Waals surface area contributed by atoms with Crippen molar-refractivity contribution in [1.82, 2.24) is 5.32 Å². The van der Waals surface area contributed by atoms with Crippen LogP contribution in [0.5, 0.6) is 0 Å². The Morgan fingerprint density at radius 2 is 1.39 bits per heavy atom. The molecule has 18 heavy (non-hydrogen) atoms. The molecular formula is C16H23NO. The molecule has 1 saturated heterocycles. The van der Waals surface area contributed by atoms with Gasteiger partial charge in [-0.05, 0) is 25.7 Å². The van der Waals surface area contributed by atoms with Crippen molar-refractivity contribution < 1.29 is 4.79 Å². The van der Waals surface area contributed by atoms with Crippen LogP contribution in [0.1, 0.15) is 32.1 Å². The molecule has 1 heterocycles. The van der Waals surface area contributed by atoms with Crippen molar-refractivity contribution in [3.63, 3.8) is 0 Å². The SMILES string of the molecule is C=CCC1(CC=C)CC(=O)C(CC=C)(CC=C)N1. The Hall–Kier alpha value is -1.41. The van der Waals surface area contributed by atoms with Crippen LogP contribution >= 0.6 is 0 Å². The van der Waals surface area contributed by atoms with Gasteiger partial charge in [-0.1, -0.05) is 24.3 Å². The second-order valence-corrected chi connectivity index (χ2v) is 5.06. The lowest BCUT2D eigenvalue weighted by Gasteiger charge is -2.33. The van der Waals surface area contributed by atoms with Crippen LogP contribution in [0.25, 0.3) is 0 Å². The van der Waals surface area contributed by atoms with E-state index in [2.05, 4.69) is 31.6 Å². The highest BCUT2D eigenvalue weighted by Crippen LogP contribution is 2.37. The monoisotopic (exact) mass is 245 g/mol. The van der Waals surface area contributed by atoms with E-state index in [0.29, 0.717) is 19.3 Å². The van der Waals surface area contributed by atoms with Gasteiger partial charge in [-0.2, -0.15) is 0 Å². The van der Waals surface area contributed by atoms with Gasteiger partial charge >= 0.3 is 0 Å². The number of hydrogen-bond acceptors (Lipinski definition) is 2. The highest BCUT2D eigenvalue weighted by molar-refractivity contribution is 5.92. The standard InChI is InChI=1S/C16H23NO/c1-5-9-15(10-6-2)13-14(18)16(17-15,11-7-3)12-8-4/h5-8,17H,1-4,9-13H2. The molecule has 1 aliphatic heterocycles. The number of rotatable bonds is 8. The summed E-state index contributed by atoms with van der Waals surface area (Å²) in [5.74, 6) is 0.242. The van der Waals surface area contributed by atoms with Crippen LogP contribution in [0.3, 0.4) is 0 Å². The van der Waals surface area contributed by atoms with Crippen molar-refractivity contribution in [3.8, 4) is 0 Å². The van der Waals surface area contributed by atoms with E-state index in [-0.39, 0.29) is 11.3 Å². The number of nitrogens with one attached hydrogen (secondary N) is 1. The number of ketones is 1. The van der Waals surface area contributed by atoms with Gasteiger partial charge in [0.05, 0.1) is 5.54 Å². The summed E-state index contributed by atoms with van der Waals surface area (Å²) in [6.45, 7) is 15.1. The molecule has 1 aliphatic rings. The zero-order valence-corrected chi connectivity index (χ0v) is 11.1. The summed E-state index contributed by atoms with van der Waals surface area (Å²) < 4.78 is 0. The molecule has 0 saturated carbocycles. The lowest BCUT2D eigenvalue weighted by molar-refractivity contribution is -0.122. The maximum absolute atomic E-state index is 12.4.